The van der Waals surface area contributed by atoms with Crippen molar-refractivity contribution in [2.24, 2.45) is 4.99 Å². The molecule has 0 aliphatic heterocycles. The number of isothiocyanates is 1. The summed E-state index contributed by atoms with van der Waals surface area (Å²) in [6.45, 7) is 10.4. The van der Waals surface area contributed by atoms with Gasteiger partial charge in [-0.25, -0.2) is 13.4 Å². The van der Waals surface area contributed by atoms with Gasteiger partial charge in [0.25, 0.3) is 0 Å². The van der Waals surface area contributed by atoms with E-state index in [0.29, 0.717) is 0 Å². The van der Waals surface area contributed by atoms with Gasteiger partial charge in [-0.2, -0.15) is 13.2 Å². The van der Waals surface area contributed by atoms with Crippen molar-refractivity contribution >= 4 is 27.5 Å². The molecule has 0 saturated heterocycles. The predicted octanol–water partition coefficient (Wildman–Crippen LogP) is 3.47. The fourth-order valence-electron chi connectivity index (χ4n) is 2.37. The summed E-state index contributed by atoms with van der Waals surface area (Å²) in [7, 11) is -6.09. The molecule has 0 radical (unpaired) electrons. The lowest BCUT2D eigenvalue weighted by molar-refractivity contribution is -0.925. The highest BCUT2D eigenvalue weighted by molar-refractivity contribution is 7.86. The molecule has 0 amide bonds. The molecule has 11 heteroatoms. The van der Waals surface area contributed by atoms with E-state index < -0.39 is 15.6 Å². The average molecular weight is 443 g/mol. The fraction of sp³-hybridized carbons (Fsp3) is 0.588. The first-order valence-electron chi connectivity index (χ1n) is 8.60. The number of ether oxygens (including phenoxy) is 1. The van der Waals surface area contributed by atoms with E-state index in [-0.39, 0.29) is 0 Å². The lowest BCUT2D eigenvalue weighted by Gasteiger charge is -2.36. The second-order valence-electron chi connectivity index (χ2n) is 5.81. The van der Waals surface area contributed by atoms with E-state index in [1.807, 2.05) is 30.3 Å². The van der Waals surface area contributed by atoms with Gasteiger partial charge in [-0.15, -0.1) is 0 Å². The van der Waals surface area contributed by atoms with Gasteiger partial charge in [-0.1, -0.05) is 18.2 Å². The minimum Gasteiger partial charge on any atom is -0.741 e. The van der Waals surface area contributed by atoms with Crippen molar-refractivity contribution in [1.82, 2.24) is 0 Å². The van der Waals surface area contributed by atoms with Crippen molar-refractivity contribution in [3.63, 3.8) is 0 Å². The van der Waals surface area contributed by atoms with Crippen LogP contribution >= 0.6 is 12.2 Å². The Labute approximate surface area is 169 Å². The highest BCUT2D eigenvalue weighted by Gasteiger charge is 2.36. The van der Waals surface area contributed by atoms with Crippen LogP contribution in [0.4, 0.5) is 13.2 Å². The zero-order valence-corrected chi connectivity index (χ0v) is 17.4. The van der Waals surface area contributed by atoms with E-state index in [2.05, 4.69) is 36.2 Å². The molecule has 0 aliphatic carbocycles. The van der Waals surface area contributed by atoms with Crippen LogP contribution in [0.3, 0.4) is 0 Å². The van der Waals surface area contributed by atoms with E-state index in [9.17, 15) is 13.2 Å². The topological polar surface area (TPSA) is 78.8 Å². The number of thiocarbonyl (C=S) groups is 1. The molecule has 1 aromatic carbocycles. The molecule has 160 valence electrons. The molecule has 1 rings (SSSR count). The standard InChI is InChI=1S/C16H25N2OS.CHF3O3S/c1-3-18(4-2,12-8-11-17-15-20)13-14-19-16-9-6-5-7-10-16;2-1(3,4)8(5,6)7/h5-7,9-10H,3-4,8,11-14H2,1-2H3;(H,5,6,7)/q+1;/p-1. The van der Waals surface area contributed by atoms with Crippen LogP contribution in [0.2, 0.25) is 0 Å². The van der Waals surface area contributed by atoms with Gasteiger partial charge >= 0.3 is 5.51 Å². The molecule has 0 aromatic heterocycles. The molecule has 0 atom stereocenters. The second kappa shape index (κ2) is 12.8. The Hall–Kier alpha value is -1.52. The molecule has 0 spiro atoms. The van der Waals surface area contributed by atoms with Crippen LogP contribution in [0.25, 0.3) is 0 Å². The van der Waals surface area contributed by atoms with Crippen molar-refractivity contribution in [1.29, 1.82) is 0 Å². The summed E-state index contributed by atoms with van der Waals surface area (Å²) >= 11 is 4.60. The molecular weight excluding hydrogens is 417 g/mol. The predicted molar refractivity (Wildman–Crippen MR) is 103 cm³/mol. The highest BCUT2D eigenvalue weighted by atomic mass is 32.2. The number of quaternary nitrogens is 1. The van der Waals surface area contributed by atoms with Gasteiger partial charge in [0.15, 0.2) is 10.1 Å². The van der Waals surface area contributed by atoms with Gasteiger partial charge < -0.3 is 13.8 Å². The molecule has 6 nitrogen and oxygen atoms in total. The summed E-state index contributed by atoms with van der Waals surface area (Å²) in [6, 6.07) is 10.0. The number of benzene rings is 1. The third-order valence-electron chi connectivity index (χ3n) is 4.17. The van der Waals surface area contributed by atoms with Gasteiger partial charge in [-0.3, -0.25) is 0 Å². The number of nitrogens with zero attached hydrogens (tertiary/aromatic N) is 2. The Morgan fingerprint density at radius 2 is 1.71 bits per heavy atom. The third-order valence-corrected chi connectivity index (χ3v) is 4.87. The minimum absolute atomic E-state index is 0.752. The molecular formula is C17H25F3N2O4S2. The van der Waals surface area contributed by atoms with E-state index in [4.69, 9.17) is 17.7 Å². The number of halogens is 3. The van der Waals surface area contributed by atoms with E-state index >= 15 is 0 Å². The number of para-hydroxylation sites is 1. The van der Waals surface area contributed by atoms with E-state index in [1.165, 1.54) is 0 Å². The van der Waals surface area contributed by atoms with Crippen molar-refractivity contribution in [3.05, 3.63) is 30.3 Å². The maximum atomic E-state index is 10.7. The Bertz CT molecular complexity index is 703. The summed E-state index contributed by atoms with van der Waals surface area (Å²) < 4.78 is 65.8. The summed E-state index contributed by atoms with van der Waals surface area (Å²) in [5.41, 5.74) is -5.65. The zero-order valence-electron chi connectivity index (χ0n) is 15.8. The molecule has 0 N–H and O–H groups in total. The Kier molecular flexibility index (Phi) is 12.1. The number of aliphatic imine (C=N–C) groups is 1. The van der Waals surface area contributed by atoms with Gasteiger partial charge in [0, 0.05) is 6.42 Å². The summed E-state index contributed by atoms with van der Waals surface area (Å²) in [6.07, 6.45) is 1.05. The number of rotatable bonds is 10. The quantitative estimate of drug-likeness (QED) is 0.138. The monoisotopic (exact) mass is 442 g/mol. The van der Waals surface area contributed by atoms with Gasteiger partial charge in [-0.05, 0) is 38.2 Å². The Balaban J connectivity index is 0.000000769. The molecule has 0 heterocycles. The molecule has 0 saturated carbocycles. The average Bonchev–Trinajstić information content (AvgIpc) is 2.64. The molecule has 0 aliphatic rings. The van der Waals surface area contributed by atoms with Crippen molar-refractivity contribution in [2.75, 3.05) is 39.3 Å². The number of likely N-dealkylation sites (N-methyl/N-ethyl adjacent to an activating group) is 1. The molecule has 1 aromatic rings. The van der Waals surface area contributed by atoms with Gasteiger partial charge in [0.2, 0.25) is 0 Å². The number of hydrogen-bond donors (Lipinski definition) is 0. The molecule has 0 unspecified atom stereocenters. The first-order chi connectivity index (χ1) is 13.0. The lowest BCUT2D eigenvalue weighted by atomic mass is 10.2. The van der Waals surface area contributed by atoms with Crippen LogP contribution < -0.4 is 4.74 Å². The van der Waals surface area contributed by atoms with Crippen LogP contribution in [0.5, 0.6) is 5.75 Å². The van der Waals surface area contributed by atoms with Crippen LogP contribution in [0.15, 0.2) is 35.3 Å². The minimum atomic E-state index is -6.09. The Morgan fingerprint density at radius 1 is 1.18 bits per heavy atom. The number of hydrogen-bond acceptors (Lipinski definition) is 6. The van der Waals surface area contributed by atoms with Crippen LogP contribution in [0, 0.1) is 0 Å². The first kappa shape index (κ1) is 26.5. The summed E-state index contributed by atoms with van der Waals surface area (Å²) in [5, 5.41) is 2.43. The maximum Gasteiger partial charge on any atom is 0.485 e. The van der Waals surface area contributed by atoms with Crippen molar-refractivity contribution < 1.29 is 35.4 Å². The normalized spacial score (nSPS) is 11.8. The highest BCUT2D eigenvalue weighted by Crippen LogP contribution is 2.20. The summed E-state index contributed by atoms with van der Waals surface area (Å²) in [5.74, 6) is 0.947. The second-order valence-corrected chi connectivity index (χ2v) is 7.36. The van der Waals surface area contributed by atoms with Crippen LogP contribution in [-0.4, -0.2) is 67.5 Å². The molecule has 28 heavy (non-hydrogen) atoms. The van der Waals surface area contributed by atoms with Crippen LogP contribution in [-0.2, 0) is 10.1 Å². The molecule has 0 fully saturated rings. The maximum absolute atomic E-state index is 10.7. The Morgan fingerprint density at radius 3 is 2.14 bits per heavy atom. The van der Waals surface area contributed by atoms with Gasteiger partial charge in [0.05, 0.1) is 31.3 Å². The third kappa shape index (κ3) is 10.7. The lowest BCUT2D eigenvalue weighted by Crippen LogP contribution is -2.51. The first-order valence-corrected chi connectivity index (χ1v) is 10.4. The summed E-state index contributed by atoms with van der Waals surface area (Å²) in [4.78, 5) is 3.99. The van der Waals surface area contributed by atoms with Crippen molar-refractivity contribution in [3.8, 4) is 5.75 Å². The van der Waals surface area contributed by atoms with Crippen LogP contribution in [0.1, 0.15) is 20.3 Å². The molecule has 0 bridgehead atoms. The zero-order chi connectivity index (χ0) is 21.7. The fourth-order valence-corrected chi connectivity index (χ4v) is 2.46. The van der Waals surface area contributed by atoms with E-state index in [0.717, 1.165) is 56.0 Å². The SMILES string of the molecule is CC[N+](CC)(CCCN=C=S)CCOc1ccccc1.O=S(=O)([O-])C(F)(F)F. The largest absolute Gasteiger partial charge is 0.741 e. The van der Waals surface area contributed by atoms with Gasteiger partial charge in [0.1, 0.15) is 18.9 Å². The van der Waals surface area contributed by atoms with E-state index in [1.54, 1.807) is 0 Å². The smallest absolute Gasteiger partial charge is 0.485 e. The number of alkyl halides is 3. The van der Waals surface area contributed by atoms with Crippen molar-refractivity contribution in [2.45, 2.75) is 25.8 Å².